The zero-order chi connectivity index (χ0) is 26.1. The molecule has 2 aromatic rings. The van der Waals surface area contributed by atoms with E-state index in [1.54, 1.807) is 0 Å². The van der Waals surface area contributed by atoms with Gasteiger partial charge in [0.05, 0.1) is 0 Å². The molecule has 0 spiro atoms. The molecular weight excluding hydrogens is 482 g/mol. The molecule has 4 N–H and O–H groups in total. The summed E-state index contributed by atoms with van der Waals surface area (Å²) in [5.41, 5.74) is 4.57. The van der Waals surface area contributed by atoms with Crippen LogP contribution >= 0.6 is 12.6 Å². The van der Waals surface area contributed by atoms with Crippen LogP contribution in [0.5, 0.6) is 0 Å². The Morgan fingerprint density at radius 2 is 1.56 bits per heavy atom. The van der Waals surface area contributed by atoms with Crippen molar-refractivity contribution >= 4 is 36.5 Å². The smallest absolute Gasteiger partial charge is 0.407 e. The quantitative estimate of drug-likeness (QED) is 0.219. The highest BCUT2D eigenvalue weighted by Gasteiger charge is 2.29. The van der Waals surface area contributed by atoms with Gasteiger partial charge in [0.25, 0.3) is 0 Å². The Balaban J connectivity index is 1.40. The number of carboxylic acids is 1. The zero-order valence-electron chi connectivity index (χ0n) is 20.0. The first-order valence-electron chi connectivity index (χ1n) is 11.8. The van der Waals surface area contributed by atoms with Gasteiger partial charge in [-0.15, -0.1) is 0 Å². The Hall–Kier alpha value is -3.53. The Labute approximate surface area is 215 Å². The van der Waals surface area contributed by atoms with Gasteiger partial charge < -0.3 is 25.8 Å². The minimum Gasteiger partial charge on any atom is -0.480 e. The van der Waals surface area contributed by atoms with E-state index in [0.717, 1.165) is 22.3 Å². The Kier molecular flexibility index (Phi) is 9.75. The molecule has 0 aromatic heterocycles. The lowest BCUT2D eigenvalue weighted by Gasteiger charge is -2.19. The number of hydrogen-bond acceptors (Lipinski definition) is 6. The second-order valence-corrected chi connectivity index (χ2v) is 8.95. The molecule has 36 heavy (non-hydrogen) atoms. The van der Waals surface area contributed by atoms with Gasteiger partial charge in [-0.25, -0.2) is 9.59 Å². The van der Waals surface area contributed by atoms with Gasteiger partial charge in [-0.05, 0) is 41.5 Å². The van der Waals surface area contributed by atoms with Crippen LogP contribution < -0.4 is 16.0 Å². The number of alkyl carbamates (subject to hydrolysis) is 1. The topological polar surface area (TPSA) is 134 Å². The number of carbonyl (C=O) groups is 4. The van der Waals surface area contributed by atoms with E-state index in [1.165, 1.54) is 6.92 Å². The summed E-state index contributed by atoms with van der Waals surface area (Å²) >= 11 is 4.02. The number of hydrogen-bond donors (Lipinski definition) is 5. The van der Waals surface area contributed by atoms with Gasteiger partial charge in [-0.2, -0.15) is 12.6 Å². The standard InChI is InChI=1S/C26H31N3O6S/c1-16(30)28-23(15-36)24(31)29-22(25(32)33)12-6-7-13-27-26(34)35-14-21-19-10-4-2-8-17(19)18-9-3-5-11-20(18)21/h2-5,8-11,21-23,36H,6-7,12-15H2,1H3,(H,27,34)(H,28,30)(H,29,31)(H,32,33). The summed E-state index contributed by atoms with van der Waals surface area (Å²) in [6.45, 7) is 1.79. The molecule has 0 radical (unpaired) electrons. The fourth-order valence-electron chi connectivity index (χ4n) is 4.28. The monoisotopic (exact) mass is 513 g/mol. The highest BCUT2D eigenvalue weighted by molar-refractivity contribution is 7.80. The van der Waals surface area contributed by atoms with E-state index in [4.69, 9.17) is 4.74 Å². The summed E-state index contributed by atoms with van der Waals surface area (Å²) in [5, 5.41) is 16.9. The predicted octanol–water partition coefficient (Wildman–Crippen LogP) is 2.70. The number of benzene rings is 2. The van der Waals surface area contributed by atoms with Crippen LogP contribution in [-0.2, 0) is 19.1 Å². The number of thiol groups is 1. The van der Waals surface area contributed by atoms with Gasteiger partial charge in [0.15, 0.2) is 0 Å². The number of fused-ring (bicyclic) bond motifs is 3. The van der Waals surface area contributed by atoms with E-state index in [-0.39, 0.29) is 24.7 Å². The summed E-state index contributed by atoms with van der Waals surface area (Å²) in [5.74, 6) is -2.17. The summed E-state index contributed by atoms with van der Waals surface area (Å²) in [4.78, 5) is 47.2. The van der Waals surface area contributed by atoms with Crippen LogP contribution in [0.2, 0.25) is 0 Å². The van der Waals surface area contributed by atoms with Crippen LogP contribution in [0.4, 0.5) is 4.79 Å². The number of aliphatic carboxylic acids is 1. The molecule has 2 aromatic carbocycles. The Morgan fingerprint density at radius 1 is 0.944 bits per heavy atom. The first-order valence-corrected chi connectivity index (χ1v) is 12.4. The third-order valence-corrected chi connectivity index (χ3v) is 6.39. The fourth-order valence-corrected chi connectivity index (χ4v) is 4.54. The lowest BCUT2D eigenvalue weighted by atomic mass is 9.98. The fraction of sp³-hybridized carbons (Fsp3) is 0.385. The molecule has 9 nitrogen and oxygen atoms in total. The minimum atomic E-state index is -1.17. The van der Waals surface area contributed by atoms with Crippen molar-refractivity contribution in [2.75, 3.05) is 18.9 Å². The van der Waals surface area contributed by atoms with Gasteiger partial charge in [0.2, 0.25) is 11.8 Å². The van der Waals surface area contributed by atoms with Crippen molar-refractivity contribution < 1.29 is 29.0 Å². The molecule has 1 aliphatic carbocycles. The average molecular weight is 514 g/mol. The molecular formula is C26H31N3O6S. The van der Waals surface area contributed by atoms with Crippen molar-refractivity contribution in [1.82, 2.24) is 16.0 Å². The zero-order valence-corrected chi connectivity index (χ0v) is 20.9. The second-order valence-electron chi connectivity index (χ2n) is 8.58. The van der Waals surface area contributed by atoms with Crippen LogP contribution in [0.3, 0.4) is 0 Å². The van der Waals surface area contributed by atoms with E-state index in [2.05, 4.69) is 40.7 Å². The molecule has 3 amide bonds. The summed E-state index contributed by atoms with van der Waals surface area (Å²) in [6.07, 6.45) is 0.595. The third-order valence-electron chi connectivity index (χ3n) is 6.02. The molecule has 0 saturated carbocycles. The maximum Gasteiger partial charge on any atom is 0.407 e. The highest BCUT2D eigenvalue weighted by atomic mass is 32.1. The molecule has 0 saturated heterocycles. The second kappa shape index (κ2) is 13.0. The van der Waals surface area contributed by atoms with Crippen molar-refractivity contribution in [3.63, 3.8) is 0 Å². The van der Waals surface area contributed by atoms with Crippen molar-refractivity contribution in [3.8, 4) is 11.1 Å². The number of unbranched alkanes of at least 4 members (excludes halogenated alkanes) is 1. The molecule has 2 atom stereocenters. The van der Waals surface area contributed by atoms with Crippen LogP contribution in [0.25, 0.3) is 11.1 Å². The van der Waals surface area contributed by atoms with Crippen molar-refractivity contribution in [2.45, 2.75) is 44.2 Å². The summed E-state index contributed by atoms with van der Waals surface area (Å²) in [7, 11) is 0. The van der Waals surface area contributed by atoms with E-state index < -0.39 is 36.0 Å². The van der Waals surface area contributed by atoms with Crippen molar-refractivity contribution in [3.05, 3.63) is 59.7 Å². The molecule has 10 heteroatoms. The van der Waals surface area contributed by atoms with E-state index in [9.17, 15) is 24.3 Å². The van der Waals surface area contributed by atoms with Gasteiger partial charge in [-0.1, -0.05) is 48.5 Å². The molecule has 0 aliphatic heterocycles. The molecule has 0 fully saturated rings. The van der Waals surface area contributed by atoms with Gasteiger partial charge >= 0.3 is 12.1 Å². The number of amides is 3. The number of nitrogens with one attached hydrogen (secondary N) is 3. The molecule has 0 heterocycles. The van der Waals surface area contributed by atoms with Gasteiger partial charge in [-0.3, -0.25) is 9.59 Å². The number of ether oxygens (including phenoxy) is 1. The van der Waals surface area contributed by atoms with Crippen LogP contribution in [0.1, 0.15) is 43.2 Å². The third kappa shape index (κ3) is 7.00. The molecule has 3 rings (SSSR count). The number of rotatable bonds is 12. The molecule has 2 unspecified atom stereocenters. The van der Waals surface area contributed by atoms with Gasteiger partial charge in [0.1, 0.15) is 18.7 Å². The molecule has 1 aliphatic rings. The lowest BCUT2D eigenvalue weighted by Crippen LogP contribution is -2.52. The summed E-state index contributed by atoms with van der Waals surface area (Å²) in [6, 6.07) is 14.2. The minimum absolute atomic E-state index is 0.0262. The number of carboxylic acid groups (broad SMARTS) is 1. The average Bonchev–Trinajstić information content (AvgIpc) is 3.18. The Morgan fingerprint density at radius 3 is 2.11 bits per heavy atom. The van der Waals surface area contributed by atoms with Crippen LogP contribution in [0, 0.1) is 0 Å². The first kappa shape index (κ1) is 27.1. The SMILES string of the molecule is CC(=O)NC(CS)C(=O)NC(CCCCNC(=O)OCC1c2ccccc2-c2ccccc21)C(=O)O. The predicted molar refractivity (Wildman–Crippen MR) is 138 cm³/mol. The van der Waals surface area contributed by atoms with Gasteiger partial charge in [0, 0.05) is 25.1 Å². The highest BCUT2D eigenvalue weighted by Crippen LogP contribution is 2.44. The van der Waals surface area contributed by atoms with Crippen LogP contribution in [-0.4, -0.2) is 60.0 Å². The largest absolute Gasteiger partial charge is 0.480 e. The first-order chi connectivity index (χ1) is 17.3. The van der Waals surface area contributed by atoms with E-state index in [1.807, 2.05) is 36.4 Å². The Bertz CT molecular complexity index is 1060. The number of carbonyl (C=O) groups excluding carboxylic acids is 3. The lowest BCUT2D eigenvalue weighted by molar-refractivity contribution is -0.142. The normalized spacial score (nSPS) is 13.6. The maximum atomic E-state index is 12.2. The summed E-state index contributed by atoms with van der Waals surface area (Å²) < 4.78 is 5.49. The maximum absolute atomic E-state index is 12.2. The van der Waals surface area contributed by atoms with E-state index >= 15 is 0 Å². The molecule has 0 bridgehead atoms. The van der Waals surface area contributed by atoms with Crippen LogP contribution in [0.15, 0.2) is 48.5 Å². The van der Waals surface area contributed by atoms with Crippen molar-refractivity contribution in [2.24, 2.45) is 0 Å². The van der Waals surface area contributed by atoms with Crippen molar-refractivity contribution in [1.29, 1.82) is 0 Å². The van der Waals surface area contributed by atoms with E-state index in [0.29, 0.717) is 19.4 Å². The molecule has 192 valence electrons.